The summed E-state index contributed by atoms with van der Waals surface area (Å²) < 4.78 is 7.60. The van der Waals surface area contributed by atoms with Crippen LogP contribution in [0.5, 0.6) is 0 Å². The number of amides is 2. The lowest BCUT2D eigenvalue weighted by Crippen LogP contribution is -2.44. The first-order valence-corrected chi connectivity index (χ1v) is 8.92. The predicted octanol–water partition coefficient (Wildman–Crippen LogP) is 3.14. The smallest absolute Gasteiger partial charge is 0.317 e. The summed E-state index contributed by atoms with van der Waals surface area (Å²) in [4.78, 5) is 18.5. The lowest BCUT2D eigenvalue weighted by atomic mass is 10.1. The summed E-state index contributed by atoms with van der Waals surface area (Å²) in [6.45, 7) is 6.14. The van der Waals surface area contributed by atoms with Crippen molar-refractivity contribution in [2.45, 2.75) is 38.8 Å². The number of ether oxygens (including phenoxy) is 1. The number of likely N-dealkylation sites (N-methyl/N-ethyl adjacent to an activating group) is 1. The maximum atomic E-state index is 12.6. The molecule has 1 aliphatic rings. The van der Waals surface area contributed by atoms with Crippen LogP contribution >= 0.6 is 0 Å². The second-order valence-electron chi connectivity index (χ2n) is 6.41. The third-order valence-electron chi connectivity index (χ3n) is 4.63. The van der Waals surface area contributed by atoms with Crippen molar-refractivity contribution in [2.75, 3.05) is 19.7 Å². The molecule has 0 unspecified atom stereocenters. The van der Waals surface area contributed by atoms with Crippen molar-refractivity contribution in [3.8, 4) is 5.69 Å². The first-order chi connectivity index (χ1) is 12.2. The van der Waals surface area contributed by atoms with Crippen LogP contribution in [0.4, 0.5) is 4.79 Å². The molecule has 2 aromatic rings. The summed E-state index contributed by atoms with van der Waals surface area (Å²) in [5.74, 6) is 0. The summed E-state index contributed by atoms with van der Waals surface area (Å²) in [7, 11) is 0. The highest BCUT2D eigenvalue weighted by Crippen LogP contribution is 2.18. The quantitative estimate of drug-likeness (QED) is 0.877. The Morgan fingerprint density at radius 3 is 3.08 bits per heavy atom. The molecular weight excluding hydrogens is 316 g/mol. The second-order valence-corrected chi connectivity index (χ2v) is 6.41. The minimum atomic E-state index is -0.0745. The summed E-state index contributed by atoms with van der Waals surface area (Å²) >= 11 is 0. The summed E-state index contributed by atoms with van der Waals surface area (Å²) in [6.07, 6.45) is 7.71. The zero-order valence-electron chi connectivity index (χ0n) is 14.9. The van der Waals surface area contributed by atoms with E-state index >= 15 is 0 Å². The van der Waals surface area contributed by atoms with Gasteiger partial charge in [-0.25, -0.2) is 9.78 Å². The van der Waals surface area contributed by atoms with E-state index in [1.165, 1.54) is 0 Å². The molecule has 134 valence electrons. The predicted molar refractivity (Wildman–Crippen MR) is 96.7 cm³/mol. The lowest BCUT2D eigenvalue weighted by molar-refractivity contribution is 0.0822. The van der Waals surface area contributed by atoms with Crippen LogP contribution in [0.3, 0.4) is 0 Å². The first kappa shape index (κ1) is 17.5. The average Bonchev–Trinajstić information content (AvgIpc) is 3.33. The number of hydrogen-bond donors (Lipinski definition) is 1. The molecule has 2 atom stereocenters. The van der Waals surface area contributed by atoms with Gasteiger partial charge in [0.1, 0.15) is 0 Å². The van der Waals surface area contributed by atoms with Gasteiger partial charge in [-0.1, -0.05) is 12.1 Å². The Morgan fingerprint density at radius 1 is 1.52 bits per heavy atom. The molecule has 6 nitrogen and oxygen atoms in total. The molecule has 0 saturated carbocycles. The number of benzene rings is 1. The molecule has 0 bridgehead atoms. The topological polar surface area (TPSA) is 59.4 Å². The van der Waals surface area contributed by atoms with Crippen LogP contribution in [0.15, 0.2) is 43.0 Å². The second kappa shape index (κ2) is 8.16. The van der Waals surface area contributed by atoms with Gasteiger partial charge in [-0.15, -0.1) is 0 Å². The van der Waals surface area contributed by atoms with Gasteiger partial charge in [0, 0.05) is 37.8 Å². The monoisotopic (exact) mass is 342 g/mol. The van der Waals surface area contributed by atoms with Crippen LogP contribution in [-0.2, 0) is 4.74 Å². The fourth-order valence-corrected chi connectivity index (χ4v) is 3.12. The highest BCUT2D eigenvalue weighted by atomic mass is 16.5. The fourth-order valence-electron chi connectivity index (χ4n) is 3.12. The largest absolute Gasteiger partial charge is 0.376 e. The maximum absolute atomic E-state index is 12.6. The molecule has 1 saturated heterocycles. The third kappa shape index (κ3) is 4.39. The van der Waals surface area contributed by atoms with Crippen molar-refractivity contribution >= 4 is 6.03 Å². The van der Waals surface area contributed by atoms with Gasteiger partial charge in [-0.2, -0.15) is 0 Å². The number of imidazole rings is 1. The normalized spacial score (nSPS) is 18.1. The van der Waals surface area contributed by atoms with Crippen LogP contribution < -0.4 is 5.32 Å². The number of urea groups is 1. The molecule has 25 heavy (non-hydrogen) atoms. The van der Waals surface area contributed by atoms with E-state index in [0.29, 0.717) is 13.1 Å². The molecule has 1 fully saturated rings. The van der Waals surface area contributed by atoms with E-state index in [1.807, 2.05) is 47.7 Å². The molecule has 3 rings (SSSR count). The SMILES string of the molecule is CCN(C[C@H]1CCCO1)C(=O)N[C@@H](C)c1cccc(-n2ccnc2)c1. The molecule has 2 amide bonds. The Labute approximate surface area is 148 Å². The maximum Gasteiger partial charge on any atom is 0.317 e. The Bertz CT molecular complexity index is 680. The standard InChI is InChI=1S/C19H26N4O2/c1-3-22(13-18-8-5-11-25-18)19(24)21-15(2)16-6-4-7-17(12-16)23-10-9-20-14-23/h4,6-7,9-10,12,14-15,18H,3,5,8,11,13H2,1-2H3,(H,21,24)/t15-,18+/m0/s1. The van der Waals surface area contributed by atoms with Gasteiger partial charge in [0.25, 0.3) is 0 Å². The zero-order valence-corrected chi connectivity index (χ0v) is 14.9. The molecule has 0 radical (unpaired) electrons. The molecule has 1 aliphatic heterocycles. The number of hydrogen-bond acceptors (Lipinski definition) is 3. The number of nitrogens with one attached hydrogen (secondary N) is 1. The van der Waals surface area contributed by atoms with Gasteiger partial charge in [-0.05, 0) is 44.4 Å². The Balaban J connectivity index is 1.63. The number of nitrogens with zero attached hydrogens (tertiary/aromatic N) is 3. The highest BCUT2D eigenvalue weighted by Gasteiger charge is 2.22. The van der Waals surface area contributed by atoms with Crippen molar-refractivity contribution in [1.29, 1.82) is 0 Å². The molecule has 0 aliphatic carbocycles. The molecule has 2 heterocycles. The van der Waals surface area contributed by atoms with Crippen molar-refractivity contribution in [2.24, 2.45) is 0 Å². The molecule has 6 heteroatoms. The van der Waals surface area contributed by atoms with Crippen LogP contribution in [-0.4, -0.2) is 46.3 Å². The molecule has 1 aromatic heterocycles. The molecule has 1 N–H and O–H groups in total. The van der Waals surface area contributed by atoms with Crippen LogP contribution in [0.2, 0.25) is 0 Å². The Morgan fingerprint density at radius 2 is 2.40 bits per heavy atom. The van der Waals surface area contributed by atoms with Crippen molar-refractivity contribution in [1.82, 2.24) is 19.8 Å². The van der Waals surface area contributed by atoms with E-state index in [0.717, 1.165) is 30.7 Å². The van der Waals surface area contributed by atoms with Crippen LogP contribution in [0.1, 0.15) is 38.3 Å². The van der Waals surface area contributed by atoms with Crippen molar-refractivity contribution in [3.63, 3.8) is 0 Å². The van der Waals surface area contributed by atoms with Gasteiger partial charge < -0.3 is 19.5 Å². The first-order valence-electron chi connectivity index (χ1n) is 8.92. The van der Waals surface area contributed by atoms with Crippen molar-refractivity contribution in [3.05, 3.63) is 48.5 Å². The summed E-state index contributed by atoms with van der Waals surface area (Å²) in [5.41, 5.74) is 2.09. The lowest BCUT2D eigenvalue weighted by Gasteiger charge is -2.26. The van der Waals surface area contributed by atoms with E-state index in [4.69, 9.17) is 4.74 Å². The van der Waals surface area contributed by atoms with E-state index in [-0.39, 0.29) is 18.2 Å². The van der Waals surface area contributed by atoms with Crippen LogP contribution in [0, 0.1) is 0 Å². The summed E-state index contributed by atoms with van der Waals surface area (Å²) in [6, 6.07) is 8.00. The average molecular weight is 342 g/mol. The number of aromatic nitrogens is 2. The zero-order chi connectivity index (χ0) is 17.6. The Hall–Kier alpha value is -2.34. The van der Waals surface area contributed by atoms with E-state index in [2.05, 4.69) is 16.4 Å². The van der Waals surface area contributed by atoms with E-state index in [1.54, 1.807) is 12.5 Å². The van der Waals surface area contributed by atoms with Gasteiger partial charge in [0.05, 0.1) is 18.5 Å². The Kier molecular flexibility index (Phi) is 5.71. The van der Waals surface area contributed by atoms with Gasteiger partial charge in [0.15, 0.2) is 0 Å². The van der Waals surface area contributed by atoms with Gasteiger partial charge in [0.2, 0.25) is 0 Å². The van der Waals surface area contributed by atoms with Gasteiger partial charge >= 0.3 is 6.03 Å². The van der Waals surface area contributed by atoms with E-state index < -0.39 is 0 Å². The third-order valence-corrected chi connectivity index (χ3v) is 4.63. The number of carbonyl (C=O) groups excluding carboxylic acids is 1. The minimum Gasteiger partial charge on any atom is -0.376 e. The number of carbonyl (C=O) groups is 1. The number of rotatable bonds is 6. The molecular formula is C19H26N4O2. The van der Waals surface area contributed by atoms with Gasteiger partial charge in [-0.3, -0.25) is 0 Å². The fraction of sp³-hybridized carbons (Fsp3) is 0.474. The van der Waals surface area contributed by atoms with E-state index in [9.17, 15) is 4.79 Å². The minimum absolute atomic E-state index is 0.0430. The molecule has 0 spiro atoms. The van der Waals surface area contributed by atoms with Crippen LogP contribution in [0.25, 0.3) is 5.69 Å². The highest BCUT2D eigenvalue weighted by molar-refractivity contribution is 5.74. The van der Waals surface area contributed by atoms with Crippen molar-refractivity contribution < 1.29 is 9.53 Å². The summed E-state index contributed by atoms with van der Waals surface area (Å²) in [5, 5.41) is 3.10. The molecule has 1 aromatic carbocycles.